The second-order valence-corrected chi connectivity index (χ2v) is 7.59. The van der Waals surface area contributed by atoms with Gasteiger partial charge in [-0.15, -0.1) is 0 Å². The Morgan fingerprint density at radius 2 is 1.27 bits per heavy atom. The molecule has 122 valence electrons. The first-order valence-corrected chi connectivity index (χ1v) is 8.41. The zero-order valence-electron chi connectivity index (χ0n) is 11.6. The van der Waals surface area contributed by atoms with Crippen molar-refractivity contribution in [3.63, 3.8) is 0 Å². The average molecular weight is 338 g/mol. The normalized spacial score (nSPS) is 18.1. The van der Waals surface area contributed by atoms with E-state index in [1.54, 1.807) is 37.3 Å². The molecule has 2 rings (SSSR count). The zero-order valence-corrected chi connectivity index (χ0v) is 12.4. The van der Waals surface area contributed by atoms with Crippen molar-refractivity contribution in [2.75, 3.05) is 0 Å². The van der Waals surface area contributed by atoms with Gasteiger partial charge in [-0.3, -0.25) is 0 Å². The molecule has 22 heavy (non-hydrogen) atoms. The Labute approximate surface area is 125 Å². The Balaban J connectivity index is 2.28. The van der Waals surface area contributed by atoms with Gasteiger partial charge in [-0.05, 0) is 23.3 Å². The van der Waals surface area contributed by atoms with Crippen LogP contribution < -0.4 is 0 Å². The third kappa shape index (κ3) is 3.78. The molecule has 1 nitrogen and oxygen atoms in total. The summed E-state index contributed by atoms with van der Waals surface area (Å²) in [5, 5.41) is 10.2. The van der Waals surface area contributed by atoms with E-state index < -0.39 is 27.1 Å². The molecule has 0 aromatic heterocycles. The van der Waals surface area contributed by atoms with Gasteiger partial charge in [0.25, 0.3) is 0 Å². The third-order valence-corrected chi connectivity index (χ3v) is 4.63. The zero-order chi connectivity index (χ0) is 16.7. The fraction of sp³-hybridized carbons (Fsp3) is 0.200. The van der Waals surface area contributed by atoms with Gasteiger partial charge in [0.1, 0.15) is 4.90 Å². The maximum absolute atomic E-state index is 12.7. The van der Waals surface area contributed by atoms with Crippen molar-refractivity contribution in [3.05, 3.63) is 65.7 Å². The molecule has 2 unspecified atom stereocenters. The molecule has 2 aromatic rings. The summed E-state index contributed by atoms with van der Waals surface area (Å²) in [6.07, 6.45) is -0.938. The van der Waals surface area contributed by atoms with Crippen molar-refractivity contribution in [2.24, 2.45) is 0 Å². The van der Waals surface area contributed by atoms with Gasteiger partial charge < -0.3 is 5.11 Å². The SMILES string of the molecule is CC(c1ccc(S(F)(F)(F)(F)F)cc1)C(O)c1ccccc1. The van der Waals surface area contributed by atoms with Crippen LogP contribution in [-0.4, -0.2) is 5.11 Å². The molecule has 0 saturated carbocycles. The molecule has 0 saturated heterocycles. The van der Waals surface area contributed by atoms with Gasteiger partial charge in [0.15, 0.2) is 0 Å². The lowest BCUT2D eigenvalue weighted by Gasteiger charge is -2.40. The number of halogens is 5. The van der Waals surface area contributed by atoms with Gasteiger partial charge in [0, 0.05) is 5.92 Å². The summed E-state index contributed by atoms with van der Waals surface area (Å²) in [5.41, 5.74) is 0.953. The Bertz CT molecular complexity index is 652. The van der Waals surface area contributed by atoms with Crippen LogP contribution in [0.5, 0.6) is 0 Å². The highest BCUT2D eigenvalue weighted by Crippen LogP contribution is 3.02. The van der Waals surface area contributed by atoms with Gasteiger partial charge in [-0.25, -0.2) is 0 Å². The number of aliphatic hydroxyl groups is 1. The Morgan fingerprint density at radius 1 is 0.773 bits per heavy atom. The predicted octanol–water partition coefficient (Wildman–Crippen LogP) is 6.18. The minimum Gasteiger partial charge on any atom is -0.388 e. The first-order valence-electron chi connectivity index (χ1n) is 6.45. The van der Waals surface area contributed by atoms with Gasteiger partial charge in [0.05, 0.1) is 6.10 Å². The lowest BCUT2D eigenvalue weighted by molar-refractivity contribution is 0.151. The quantitative estimate of drug-likeness (QED) is 0.660. The molecule has 0 aliphatic rings. The molecular formula is C15H15F5OS. The average Bonchev–Trinajstić information content (AvgIpc) is 2.44. The van der Waals surface area contributed by atoms with E-state index in [4.69, 9.17) is 0 Å². The molecule has 0 aliphatic heterocycles. The maximum Gasteiger partial charge on any atom is 0.310 e. The number of rotatable bonds is 4. The van der Waals surface area contributed by atoms with Crippen LogP contribution in [-0.2, 0) is 0 Å². The second-order valence-electron chi connectivity index (χ2n) is 5.18. The van der Waals surface area contributed by atoms with Crippen LogP contribution in [0.3, 0.4) is 0 Å². The van der Waals surface area contributed by atoms with Crippen molar-refractivity contribution >= 4 is 10.2 Å². The van der Waals surface area contributed by atoms with Crippen LogP contribution >= 0.6 is 10.2 Å². The van der Waals surface area contributed by atoms with Gasteiger partial charge in [0.2, 0.25) is 0 Å². The minimum atomic E-state index is -9.65. The second kappa shape index (κ2) is 4.70. The molecule has 0 amide bonds. The van der Waals surface area contributed by atoms with Crippen LogP contribution in [0.15, 0.2) is 59.5 Å². The van der Waals surface area contributed by atoms with Crippen molar-refractivity contribution in [1.82, 2.24) is 0 Å². The smallest absolute Gasteiger partial charge is 0.310 e. The first-order chi connectivity index (χ1) is 9.88. The summed E-state index contributed by atoms with van der Waals surface area (Å²) < 4.78 is 63.3. The lowest BCUT2D eigenvalue weighted by atomic mass is 9.91. The Kier molecular flexibility index (Phi) is 3.58. The third-order valence-electron chi connectivity index (χ3n) is 3.47. The van der Waals surface area contributed by atoms with Gasteiger partial charge in [-0.1, -0.05) is 68.8 Å². The standard InChI is InChI=1S/C15H15F5OS/c1-11(15(21)13-5-3-2-4-6-13)12-7-9-14(10-8-12)22(16,17,18,19)20/h2-11,15,21H,1H3. The molecule has 2 aromatic carbocycles. The predicted molar refractivity (Wildman–Crippen MR) is 77.7 cm³/mol. The Hall–Kier alpha value is -1.60. The molecular weight excluding hydrogens is 323 g/mol. The number of hydrogen-bond acceptors (Lipinski definition) is 1. The number of aliphatic hydroxyl groups excluding tert-OH is 1. The van der Waals surface area contributed by atoms with Crippen molar-refractivity contribution in [1.29, 1.82) is 0 Å². The van der Waals surface area contributed by atoms with Crippen LogP contribution in [0.4, 0.5) is 19.4 Å². The van der Waals surface area contributed by atoms with Crippen molar-refractivity contribution in [2.45, 2.75) is 23.8 Å². The summed E-state index contributed by atoms with van der Waals surface area (Å²) in [6.45, 7) is 1.62. The lowest BCUT2D eigenvalue weighted by Crippen LogP contribution is -2.09. The van der Waals surface area contributed by atoms with Crippen LogP contribution in [0.1, 0.15) is 30.1 Å². The molecule has 0 spiro atoms. The van der Waals surface area contributed by atoms with Crippen molar-refractivity contribution in [3.8, 4) is 0 Å². The molecule has 7 heteroatoms. The molecule has 2 atom stereocenters. The van der Waals surface area contributed by atoms with Crippen LogP contribution in [0.25, 0.3) is 0 Å². The van der Waals surface area contributed by atoms with E-state index in [9.17, 15) is 24.5 Å². The minimum absolute atomic E-state index is 0.349. The molecule has 0 heterocycles. The van der Waals surface area contributed by atoms with Gasteiger partial charge >= 0.3 is 10.2 Å². The van der Waals surface area contributed by atoms with Crippen molar-refractivity contribution < 1.29 is 24.5 Å². The summed E-state index contributed by atoms with van der Waals surface area (Å²) in [6, 6.07) is 11.3. The molecule has 0 fully saturated rings. The molecule has 0 radical (unpaired) electrons. The molecule has 0 bridgehead atoms. The fourth-order valence-electron chi connectivity index (χ4n) is 2.15. The largest absolute Gasteiger partial charge is 0.388 e. The highest BCUT2D eigenvalue weighted by molar-refractivity contribution is 8.45. The fourth-order valence-corrected chi connectivity index (χ4v) is 2.80. The van der Waals surface area contributed by atoms with E-state index in [-0.39, 0.29) is 0 Å². The van der Waals surface area contributed by atoms with E-state index >= 15 is 0 Å². The molecule has 0 aliphatic carbocycles. The highest BCUT2D eigenvalue weighted by Gasteiger charge is 2.65. The Morgan fingerprint density at radius 3 is 1.73 bits per heavy atom. The van der Waals surface area contributed by atoms with E-state index in [0.29, 0.717) is 23.3 Å². The van der Waals surface area contributed by atoms with Gasteiger partial charge in [-0.2, -0.15) is 0 Å². The maximum atomic E-state index is 12.7. The van der Waals surface area contributed by atoms with Crippen LogP contribution in [0.2, 0.25) is 0 Å². The highest BCUT2D eigenvalue weighted by atomic mass is 32.5. The summed E-state index contributed by atoms with van der Waals surface area (Å²) in [7, 11) is -9.65. The van der Waals surface area contributed by atoms with E-state index in [0.717, 1.165) is 12.1 Å². The molecule has 1 N–H and O–H groups in total. The van der Waals surface area contributed by atoms with E-state index in [2.05, 4.69) is 0 Å². The van der Waals surface area contributed by atoms with E-state index in [1.807, 2.05) is 0 Å². The van der Waals surface area contributed by atoms with Crippen LogP contribution in [0, 0.1) is 0 Å². The number of hydrogen-bond donors (Lipinski definition) is 1. The number of benzene rings is 2. The summed E-state index contributed by atoms with van der Waals surface area (Å²) in [5.74, 6) is -0.532. The topological polar surface area (TPSA) is 20.2 Å². The summed E-state index contributed by atoms with van der Waals surface area (Å²) >= 11 is 0. The monoisotopic (exact) mass is 338 g/mol. The summed E-state index contributed by atoms with van der Waals surface area (Å²) in [4.78, 5) is -1.93. The first kappa shape index (κ1) is 16.8. The van der Waals surface area contributed by atoms with E-state index in [1.165, 1.54) is 0 Å².